The van der Waals surface area contributed by atoms with Crippen LogP contribution in [0.25, 0.3) is 21.8 Å². The molecule has 0 radical (unpaired) electrons. The van der Waals surface area contributed by atoms with Gasteiger partial charge in [-0.3, -0.25) is 4.79 Å². The predicted molar refractivity (Wildman–Crippen MR) is 69.4 cm³/mol. The molecule has 17 heavy (non-hydrogen) atoms. The SMILES string of the molecule is O=C(Cl)c1cccc2cc3ccccc3nc12. The molecule has 2 aromatic carbocycles. The minimum atomic E-state index is -0.474. The van der Waals surface area contributed by atoms with Crippen LogP contribution in [0.15, 0.2) is 48.5 Å². The van der Waals surface area contributed by atoms with E-state index in [2.05, 4.69) is 4.98 Å². The number of carbonyl (C=O) groups excluding carboxylic acids is 1. The summed E-state index contributed by atoms with van der Waals surface area (Å²) in [6, 6.07) is 15.3. The molecule has 0 aliphatic carbocycles. The number of rotatable bonds is 1. The van der Waals surface area contributed by atoms with E-state index < -0.39 is 5.24 Å². The Balaban J connectivity index is 2.47. The molecule has 0 aliphatic heterocycles. The van der Waals surface area contributed by atoms with Crippen molar-refractivity contribution >= 4 is 38.6 Å². The molecule has 0 saturated heterocycles. The van der Waals surface area contributed by atoms with Gasteiger partial charge in [-0.25, -0.2) is 4.98 Å². The number of aromatic nitrogens is 1. The first-order valence-electron chi connectivity index (χ1n) is 5.24. The van der Waals surface area contributed by atoms with Crippen molar-refractivity contribution in [3.8, 4) is 0 Å². The Morgan fingerprint density at radius 3 is 2.59 bits per heavy atom. The average molecular weight is 242 g/mol. The number of para-hydroxylation sites is 2. The van der Waals surface area contributed by atoms with Crippen LogP contribution in [0, 0.1) is 0 Å². The maximum atomic E-state index is 11.3. The molecule has 0 bridgehead atoms. The highest BCUT2D eigenvalue weighted by molar-refractivity contribution is 6.68. The van der Waals surface area contributed by atoms with Crippen molar-refractivity contribution in [2.75, 3.05) is 0 Å². The lowest BCUT2D eigenvalue weighted by Gasteiger charge is -2.04. The molecule has 0 fully saturated rings. The molecule has 1 heterocycles. The summed E-state index contributed by atoms with van der Waals surface area (Å²) in [4.78, 5) is 15.8. The van der Waals surface area contributed by atoms with Gasteiger partial charge in [0.25, 0.3) is 5.24 Å². The molecule has 82 valence electrons. The largest absolute Gasteiger partial charge is 0.276 e. The Hall–Kier alpha value is -1.93. The molecule has 3 heteroatoms. The van der Waals surface area contributed by atoms with Gasteiger partial charge in [-0.05, 0) is 29.8 Å². The molecule has 1 aromatic heterocycles. The van der Waals surface area contributed by atoms with Crippen molar-refractivity contribution in [2.24, 2.45) is 0 Å². The number of pyridine rings is 1. The molecule has 0 atom stereocenters. The van der Waals surface area contributed by atoms with Crippen molar-refractivity contribution in [1.29, 1.82) is 0 Å². The number of hydrogen-bond donors (Lipinski definition) is 0. The minimum absolute atomic E-state index is 0.454. The van der Waals surface area contributed by atoms with Gasteiger partial charge in [0.05, 0.1) is 16.6 Å². The summed E-state index contributed by atoms with van der Waals surface area (Å²) in [7, 11) is 0. The molecule has 0 N–H and O–H groups in total. The first-order chi connectivity index (χ1) is 8.25. The Labute approximate surface area is 103 Å². The van der Waals surface area contributed by atoms with E-state index in [0.717, 1.165) is 16.3 Å². The lowest BCUT2D eigenvalue weighted by molar-refractivity contribution is 0.108. The molecule has 3 aromatic rings. The van der Waals surface area contributed by atoms with Gasteiger partial charge in [0, 0.05) is 10.8 Å². The van der Waals surface area contributed by atoms with E-state index >= 15 is 0 Å². The molecule has 0 amide bonds. The summed E-state index contributed by atoms with van der Waals surface area (Å²) in [6.07, 6.45) is 0. The standard InChI is InChI=1S/C14H8ClNO/c15-14(17)11-6-3-5-10-8-9-4-1-2-7-12(9)16-13(10)11/h1-8H. The highest BCUT2D eigenvalue weighted by Crippen LogP contribution is 2.23. The number of carbonyl (C=O) groups is 1. The van der Waals surface area contributed by atoms with Gasteiger partial charge in [0.15, 0.2) is 0 Å². The summed E-state index contributed by atoms with van der Waals surface area (Å²) in [5, 5.41) is 1.51. The van der Waals surface area contributed by atoms with E-state index in [1.54, 1.807) is 6.07 Å². The summed E-state index contributed by atoms with van der Waals surface area (Å²) >= 11 is 5.55. The second kappa shape index (κ2) is 3.82. The Morgan fingerprint density at radius 2 is 1.76 bits per heavy atom. The van der Waals surface area contributed by atoms with E-state index in [-0.39, 0.29) is 0 Å². The third-order valence-electron chi connectivity index (χ3n) is 2.76. The number of hydrogen-bond acceptors (Lipinski definition) is 2. The van der Waals surface area contributed by atoms with Crippen molar-refractivity contribution in [1.82, 2.24) is 4.98 Å². The Kier molecular flexibility index (Phi) is 2.30. The lowest BCUT2D eigenvalue weighted by atomic mass is 10.1. The molecule has 2 nitrogen and oxygen atoms in total. The van der Waals surface area contributed by atoms with Crippen LogP contribution in [-0.2, 0) is 0 Å². The lowest BCUT2D eigenvalue weighted by Crippen LogP contribution is -1.93. The van der Waals surface area contributed by atoms with Gasteiger partial charge in [-0.1, -0.05) is 30.3 Å². The van der Waals surface area contributed by atoms with Gasteiger partial charge >= 0.3 is 0 Å². The second-order valence-corrected chi connectivity index (χ2v) is 4.18. The van der Waals surface area contributed by atoms with Crippen molar-refractivity contribution in [3.63, 3.8) is 0 Å². The van der Waals surface area contributed by atoms with Crippen LogP contribution in [0.1, 0.15) is 10.4 Å². The highest BCUT2D eigenvalue weighted by Gasteiger charge is 2.09. The smallest absolute Gasteiger partial charge is 0.254 e. The number of benzene rings is 2. The van der Waals surface area contributed by atoms with E-state index in [0.29, 0.717) is 11.1 Å². The molecule has 3 rings (SSSR count). The molecular weight excluding hydrogens is 234 g/mol. The third kappa shape index (κ3) is 1.67. The van der Waals surface area contributed by atoms with Crippen LogP contribution < -0.4 is 0 Å². The van der Waals surface area contributed by atoms with Gasteiger partial charge in [-0.2, -0.15) is 0 Å². The number of halogens is 1. The summed E-state index contributed by atoms with van der Waals surface area (Å²) in [5.41, 5.74) is 1.98. The highest BCUT2D eigenvalue weighted by atomic mass is 35.5. The predicted octanol–water partition coefficient (Wildman–Crippen LogP) is 3.77. The van der Waals surface area contributed by atoms with Crippen LogP contribution in [-0.4, -0.2) is 10.2 Å². The molecule has 0 aliphatic rings. The van der Waals surface area contributed by atoms with E-state index in [9.17, 15) is 4.79 Å². The monoisotopic (exact) mass is 241 g/mol. The molecule has 0 saturated carbocycles. The van der Waals surface area contributed by atoms with E-state index in [4.69, 9.17) is 11.6 Å². The zero-order chi connectivity index (χ0) is 11.8. The van der Waals surface area contributed by atoms with Crippen LogP contribution in [0.3, 0.4) is 0 Å². The van der Waals surface area contributed by atoms with Crippen molar-refractivity contribution < 1.29 is 4.79 Å². The fourth-order valence-corrected chi connectivity index (χ4v) is 2.11. The van der Waals surface area contributed by atoms with E-state index in [1.807, 2.05) is 42.5 Å². The van der Waals surface area contributed by atoms with Crippen molar-refractivity contribution in [3.05, 3.63) is 54.1 Å². The topological polar surface area (TPSA) is 30.0 Å². The maximum absolute atomic E-state index is 11.3. The third-order valence-corrected chi connectivity index (χ3v) is 2.96. The van der Waals surface area contributed by atoms with Crippen molar-refractivity contribution in [2.45, 2.75) is 0 Å². The van der Waals surface area contributed by atoms with Crippen LogP contribution in [0.4, 0.5) is 0 Å². The Bertz CT molecular complexity index is 736. The quantitative estimate of drug-likeness (QED) is 0.480. The summed E-state index contributed by atoms with van der Waals surface area (Å²) < 4.78 is 0. The Morgan fingerprint density at radius 1 is 1.00 bits per heavy atom. The van der Waals surface area contributed by atoms with Gasteiger partial charge in [-0.15, -0.1) is 0 Å². The molecular formula is C14H8ClNO. The number of nitrogens with zero attached hydrogens (tertiary/aromatic N) is 1. The normalized spacial score (nSPS) is 10.9. The zero-order valence-corrected chi connectivity index (χ0v) is 9.61. The average Bonchev–Trinajstić information content (AvgIpc) is 2.35. The van der Waals surface area contributed by atoms with Crippen LogP contribution in [0.5, 0.6) is 0 Å². The fraction of sp³-hybridized carbons (Fsp3) is 0. The maximum Gasteiger partial charge on any atom is 0.254 e. The summed E-state index contributed by atoms with van der Waals surface area (Å²) in [6.45, 7) is 0. The minimum Gasteiger partial charge on any atom is -0.276 e. The first kappa shape index (κ1) is 10.2. The van der Waals surface area contributed by atoms with Gasteiger partial charge in [0.2, 0.25) is 0 Å². The molecule has 0 spiro atoms. The van der Waals surface area contributed by atoms with Crippen LogP contribution in [0.2, 0.25) is 0 Å². The van der Waals surface area contributed by atoms with E-state index in [1.165, 1.54) is 0 Å². The summed E-state index contributed by atoms with van der Waals surface area (Å²) in [5.74, 6) is 0. The van der Waals surface area contributed by atoms with Gasteiger partial charge < -0.3 is 0 Å². The first-order valence-corrected chi connectivity index (χ1v) is 5.62. The van der Waals surface area contributed by atoms with Gasteiger partial charge in [0.1, 0.15) is 0 Å². The molecule has 0 unspecified atom stereocenters. The second-order valence-electron chi connectivity index (χ2n) is 3.83. The number of fused-ring (bicyclic) bond motifs is 2. The zero-order valence-electron chi connectivity index (χ0n) is 8.85. The fourth-order valence-electron chi connectivity index (χ4n) is 1.96. The van der Waals surface area contributed by atoms with Crippen LogP contribution >= 0.6 is 11.6 Å².